The first-order valence-corrected chi connectivity index (χ1v) is 5.88. The molecule has 0 saturated heterocycles. The van der Waals surface area contributed by atoms with E-state index >= 15 is 0 Å². The molecule has 0 radical (unpaired) electrons. The summed E-state index contributed by atoms with van der Waals surface area (Å²) in [5.74, 6) is 0.922. The first-order valence-electron chi connectivity index (χ1n) is 5.88. The monoisotopic (exact) mass is 232 g/mol. The molecule has 1 aliphatic heterocycles. The van der Waals surface area contributed by atoms with Crippen LogP contribution in [0.5, 0.6) is 0 Å². The van der Waals surface area contributed by atoms with Crippen molar-refractivity contribution in [1.82, 2.24) is 19.6 Å². The maximum absolute atomic E-state index is 5.87. The number of nitrogen functional groups attached to an aromatic ring is 1. The first kappa shape index (κ1) is 10.2. The number of nitrogens with zero attached hydrogens (tertiary/aromatic N) is 4. The highest BCUT2D eigenvalue weighted by molar-refractivity contribution is 5.61. The fraction of sp³-hybridized carbons (Fsp3) is 0.455. The van der Waals surface area contributed by atoms with Crippen LogP contribution >= 0.6 is 0 Å². The average molecular weight is 232 g/mol. The highest BCUT2D eigenvalue weighted by atomic mass is 15.4. The molecular weight excluding hydrogens is 216 g/mol. The number of aromatic nitrogens is 4. The zero-order valence-corrected chi connectivity index (χ0v) is 9.80. The van der Waals surface area contributed by atoms with Crippen LogP contribution in [-0.2, 0) is 6.54 Å². The summed E-state index contributed by atoms with van der Waals surface area (Å²) in [7, 11) is 0. The van der Waals surface area contributed by atoms with Crippen molar-refractivity contribution < 1.29 is 0 Å². The second-order valence-electron chi connectivity index (χ2n) is 4.25. The number of nitrogens with two attached hydrogens (primary N) is 1. The Balaban J connectivity index is 1.99. The van der Waals surface area contributed by atoms with E-state index < -0.39 is 0 Å². The molecule has 0 spiro atoms. The van der Waals surface area contributed by atoms with Crippen molar-refractivity contribution in [3.8, 4) is 0 Å². The van der Waals surface area contributed by atoms with Crippen LogP contribution in [0.15, 0.2) is 18.6 Å². The van der Waals surface area contributed by atoms with Gasteiger partial charge in [0, 0.05) is 24.8 Å². The van der Waals surface area contributed by atoms with Crippen molar-refractivity contribution >= 4 is 11.5 Å². The molecule has 6 nitrogen and oxygen atoms in total. The molecule has 1 aliphatic rings. The third-order valence-electron chi connectivity index (χ3n) is 3.19. The van der Waals surface area contributed by atoms with Crippen LogP contribution in [0.4, 0.5) is 11.5 Å². The smallest absolute Gasteiger partial charge is 0.148 e. The topological polar surface area (TPSA) is 73.7 Å². The summed E-state index contributed by atoms with van der Waals surface area (Å²) in [5, 5.41) is 11.9. The molecule has 2 aromatic rings. The second-order valence-corrected chi connectivity index (χ2v) is 4.25. The summed E-state index contributed by atoms with van der Waals surface area (Å²) in [6, 6.07) is 0.240. The molecule has 1 unspecified atom stereocenters. The van der Waals surface area contributed by atoms with E-state index in [9.17, 15) is 0 Å². The summed E-state index contributed by atoms with van der Waals surface area (Å²) in [5.41, 5.74) is 7.76. The van der Waals surface area contributed by atoms with Gasteiger partial charge < -0.3 is 11.1 Å². The van der Waals surface area contributed by atoms with Crippen molar-refractivity contribution in [2.75, 3.05) is 17.6 Å². The lowest BCUT2D eigenvalue weighted by Crippen LogP contribution is -2.24. The fourth-order valence-electron chi connectivity index (χ4n) is 2.28. The molecule has 0 bridgehead atoms. The summed E-state index contributed by atoms with van der Waals surface area (Å²) < 4.78 is 3.89. The van der Waals surface area contributed by atoms with Gasteiger partial charge in [-0.2, -0.15) is 10.2 Å². The van der Waals surface area contributed by atoms with Crippen LogP contribution in [-0.4, -0.2) is 26.1 Å². The van der Waals surface area contributed by atoms with Crippen molar-refractivity contribution in [2.24, 2.45) is 0 Å². The Hall–Kier alpha value is -1.98. The Morgan fingerprint density at radius 3 is 3.12 bits per heavy atom. The molecule has 0 aliphatic carbocycles. The van der Waals surface area contributed by atoms with E-state index in [2.05, 4.69) is 28.6 Å². The maximum atomic E-state index is 5.87. The van der Waals surface area contributed by atoms with Crippen LogP contribution < -0.4 is 11.1 Å². The van der Waals surface area contributed by atoms with Gasteiger partial charge >= 0.3 is 0 Å². The molecule has 90 valence electrons. The van der Waals surface area contributed by atoms with Crippen molar-refractivity contribution in [3.05, 3.63) is 24.2 Å². The summed E-state index contributed by atoms with van der Waals surface area (Å²) in [6.45, 7) is 3.88. The van der Waals surface area contributed by atoms with E-state index in [-0.39, 0.29) is 6.04 Å². The standard InChI is InChI=1S/C11H16N6/c1-2-16-7-8(5-14-16)10-3-4-13-11-9(12)6-15-17(10)11/h5-7,10,13H,2-4,12H2,1H3. The minimum Gasteiger partial charge on any atom is -0.394 e. The Labute approximate surface area is 99.4 Å². The molecule has 3 rings (SSSR count). The minimum absolute atomic E-state index is 0.240. The lowest BCUT2D eigenvalue weighted by Gasteiger charge is -2.25. The predicted molar refractivity (Wildman–Crippen MR) is 65.8 cm³/mol. The summed E-state index contributed by atoms with van der Waals surface area (Å²) in [6.07, 6.45) is 6.70. The molecule has 0 amide bonds. The Morgan fingerprint density at radius 1 is 1.47 bits per heavy atom. The largest absolute Gasteiger partial charge is 0.394 e. The Kier molecular flexibility index (Phi) is 2.28. The van der Waals surface area contributed by atoms with E-state index in [4.69, 9.17) is 5.73 Å². The molecular formula is C11H16N6. The fourth-order valence-corrected chi connectivity index (χ4v) is 2.28. The van der Waals surface area contributed by atoms with Gasteiger partial charge in [-0.15, -0.1) is 0 Å². The van der Waals surface area contributed by atoms with Crippen LogP contribution in [0.1, 0.15) is 24.9 Å². The number of hydrogen-bond donors (Lipinski definition) is 2. The average Bonchev–Trinajstić information content (AvgIpc) is 2.96. The Bertz CT molecular complexity index is 526. The minimum atomic E-state index is 0.240. The molecule has 1 atom stereocenters. The highest BCUT2D eigenvalue weighted by Crippen LogP contribution is 2.31. The van der Waals surface area contributed by atoms with Crippen LogP contribution in [0.2, 0.25) is 0 Å². The molecule has 17 heavy (non-hydrogen) atoms. The van der Waals surface area contributed by atoms with Gasteiger partial charge in [0.1, 0.15) is 5.82 Å². The van der Waals surface area contributed by atoms with E-state index in [1.165, 1.54) is 5.56 Å². The number of nitrogens with one attached hydrogen (secondary N) is 1. The van der Waals surface area contributed by atoms with Gasteiger partial charge in [-0.05, 0) is 13.3 Å². The normalized spacial score (nSPS) is 18.8. The predicted octanol–water partition coefficient (Wildman–Crippen LogP) is 1.09. The van der Waals surface area contributed by atoms with Gasteiger partial charge in [0.2, 0.25) is 0 Å². The van der Waals surface area contributed by atoms with Gasteiger partial charge in [-0.1, -0.05) is 0 Å². The SMILES string of the molecule is CCn1cc(C2CCNc3c(N)cnn32)cn1. The lowest BCUT2D eigenvalue weighted by molar-refractivity contribution is 0.481. The molecule has 2 aromatic heterocycles. The van der Waals surface area contributed by atoms with Gasteiger partial charge in [0.25, 0.3) is 0 Å². The molecule has 0 fully saturated rings. The van der Waals surface area contributed by atoms with Crippen molar-refractivity contribution in [2.45, 2.75) is 25.9 Å². The number of rotatable bonds is 2. The number of fused-ring (bicyclic) bond motifs is 1. The van der Waals surface area contributed by atoms with E-state index in [0.717, 1.165) is 25.3 Å². The zero-order chi connectivity index (χ0) is 11.8. The molecule has 6 heteroatoms. The van der Waals surface area contributed by atoms with Crippen molar-refractivity contribution in [1.29, 1.82) is 0 Å². The number of aryl methyl sites for hydroxylation is 1. The second kappa shape index (κ2) is 3.80. The maximum Gasteiger partial charge on any atom is 0.148 e. The first-order chi connectivity index (χ1) is 8.29. The highest BCUT2D eigenvalue weighted by Gasteiger charge is 2.24. The van der Waals surface area contributed by atoms with Gasteiger partial charge in [0.15, 0.2) is 0 Å². The van der Waals surface area contributed by atoms with Gasteiger partial charge in [-0.3, -0.25) is 4.68 Å². The molecule has 0 saturated carbocycles. The zero-order valence-electron chi connectivity index (χ0n) is 9.80. The Morgan fingerprint density at radius 2 is 2.35 bits per heavy atom. The molecule has 3 heterocycles. The van der Waals surface area contributed by atoms with Gasteiger partial charge in [-0.25, -0.2) is 4.68 Å². The third-order valence-corrected chi connectivity index (χ3v) is 3.19. The van der Waals surface area contributed by atoms with E-state index in [0.29, 0.717) is 5.69 Å². The van der Waals surface area contributed by atoms with E-state index in [1.54, 1.807) is 6.20 Å². The molecule has 0 aromatic carbocycles. The van der Waals surface area contributed by atoms with Crippen LogP contribution in [0.25, 0.3) is 0 Å². The summed E-state index contributed by atoms with van der Waals surface area (Å²) in [4.78, 5) is 0. The summed E-state index contributed by atoms with van der Waals surface area (Å²) >= 11 is 0. The number of anilines is 2. The van der Waals surface area contributed by atoms with E-state index in [1.807, 2.05) is 15.6 Å². The quantitative estimate of drug-likeness (QED) is 0.812. The van der Waals surface area contributed by atoms with Crippen molar-refractivity contribution in [3.63, 3.8) is 0 Å². The number of hydrogen-bond acceptors (Lipinski definition) is 4. The molecule has 3 N–H and O–H groups in total. The van der Waals surface area contributed by atoms with Crippen LogP contribution in [0, 0.1) is 0 Å². The van der Waals surface area contributed by atoms with Crippen LogP contribution in [0.3, 0.4) is 0 Å². The van der Waals surface area contributed by atoms with Gasteiger partial charge in [0.05, 0.1) is 24.1 Å². The third kappa shape index (κ3) is 1.56. The lowest BCUT2D eigenvalue weighted by atomic mass is 10.1.